The molecule has 1 heterocycles. The molecule has 1 fully saturated rings. The van der Waals surface area contributed by atoms with E-state index < -0.39 is 0 Å². The van der Waals surface area contributed by atoms with Crippen molar-refractivity contribution in [2.45, 2.75) is 64.6 Å². The van der Waals surface area contributed by atoms with Crippen LogP contribution in [0.25, 0.3) is 0 Å². The Bertz CT molecular complexity index is 402. The van der Waals surface area contributed by atoms with E-state index in [9.17, 15) is 0 Å². The fraction of sp³-hybridized carbons (Fsp3) is 0.647. The lowest BCUT2D eigenvalue weighted by molar-refractivity contribution is 0.136. The highest BCUT2D eigenvalue weighted by Crippen LogP contribution is 2.35. The average molecular weight is 260 g/mol. The maximum atomic E-state index is 6.15. The van der Waals surface area contributed by atoms with Crippen molar-refractivity contribution in [2.75, 3.05) is 6.54 Å². The molecule has 0 amide bonds. The summed E-state index contributed by atoms with van der Waals surface area (Å²) in [5.41, 5.74) is 9.04. The number of hydrogen-bond donors (Lipinski definition) is 1. The second-order valence-corrected chi connectivity index (χ2v) is 5.74. The second kappa shape index (κ2) is 6.53. The SMILES string of the molecule is CCc1ccccc1C(CN)N1C(C)CCC1CC. The Kier molecular flexibility index (Phi) is 5.00. The van der Waals surface area contributed by atoms with Gasteiger partial charge in [0.2, 0.25) is 0 Å². The molecule has 1 aliphatic heterocycles. The van der Waals surface area contributed by atoms with Gasteiger partial charge in [-0.2, -0.15) is 0 Å². The third-order valence-corrected chi connectivity index (χ3v) is 4.70. The molecular formula is C17H28N2. The van der Waals surface area contributed by atoms with Crippen molar-refractivity contribution in [3.8, 4) is 0 Å². The summed E-state index contributed by atoms with van der Waals surface area (Å²) >= 11 is 0. The van der Waals surface area contributed by atoms with Crippen LogP contribution in [-0.2, 0) is 6.42 Å². The summed E-state index contributed by atoms with van der Waals surface area (Å²) in [6.07, 6.45) is 4.95. The van der Waals surface area contributed by atoms with Crippen LogP contribution in [0.15, 0.2) is 24.3 Å². The Labute approximate surface area is 118 Å². The molecule has 0 bridgehead atoms. The summed E-state index contributed by atoms with van der Waals surface area (Å²) in [5, 5.41) is 0. The highest BCUT2D eigenvalue weighted by Gasteiger charge is 2.35. The fourth-order valence-electron chi connectivity index (χ4n) is 3.66. The van der Waals surface area contributed by atoms with Crippen LogP contribution in [0.5, 0.6) is 0 Å². The Morgan fingerprint density at radius 1 is 1.26 bits per heavy atom. The molecule has 2 N–H and O–H groups in total. The van der Waals surface area contributed by atoms with Crippen molar-refractivity contribution in [2.24, 2.45) is 5.73 Å². The Morgan fingerprint density at radius 3 is 2.63 bits per heavy atom. The van der Waals surface area contributed by atoms with E-state index in [0.717, 1.165) is 13.0 Å². The van der Waals surface area contributed by atoms with Crippen molar-refractivity contribution < 1.29 is 0 Å². The maximum Gasteiger partial charge on any atom is 0.0478 e. The number of nitrogens with two attached hydrogens (primary N) is 1. The molecule has 3 atom stereocenters. The minimum absolute atomic E-state index is 0.388. The molecule has 0 spiro atoms. The van der Waals surface area contributed by atoms with E-state index in [-0.39, 0.29) is 0 Å². The van der Waals surface area contributed by atoms with Crippen LogP contribution in [0, 0.1) is 0 Å². The zero-order valence-corrected chi connectivity index (χ0v) is 12.6. The zero-order chi connectivity index (χ0) is 13.8. The average Bonchev–Trinajstić information content (AvgIpc) is 2.82. The normalized spacial score (nSPS) is 25.7. The Hall–Kier alpha value is -0.860. The minimum Gasteiger partial charge on any atom is -0.329 e. The van der Waals surface area contributed by atoms with Crippen LogP contribution >= 0.6 is 0 Å². The van der Waals surface area contributed by atoms with Gasteiger partial charge in [0.05, 0.1) is 0 Å². The lowest BCUT2D eigenvalue weighted by Crippen LogP contribution is -2.41. The van der Waals surface area contributed by atoms with Crippen molar-refractivity contribution in [1.29, 1.82) is 0 Å². The van der Waals surface area contributed by atoms with E-state index >= 15 is 0 Å². The molecule has 106 valence electrons. The molecule has 2 nitrogen and oxygen atoms in total. The van der Waals surface area contributed by atoms with Crippen molar-refractivity contribution >= 4 is 0 Å². The summed E-state index contributed by atoms with van der Waals surface area (Å²) in [7, 11) is 0. The lowest BCUT2D eigenvalue weighted by atomic mass is 9.96. The Balaban J connectivity index is 2.33. The molecule has 3 unspecified atom stereocenters. The second-order valence-electron chi connectivity index (χ2n) is 5.74. The first-order chi connectivity index (χ1) is 9.22. The minimum atomic E-state index is 0.388. The molecule has 1 aromatic carbocycles. The predicted molar refractivity (Wildman–Crippen MR) is 82.2 cm³/mol. The monoisotopic (exact) mass is 260 g/mol. The molecule has 2 heteroatoms. The van der Waals surface area contributed by atoms with E-state index in [1.54, 1.807) is 0 Å². The molecule has 1 aromatic rings. The topological polar surface area (TPSA) is 29.3 Å². The Morgan fingerprint density at radius 2 is 2.00 bits per heavy atom. The van der Waals surface area contributed by atoms with Gasteiger partial charge in [-0.15, -0.1) is 0 Å². The van der Waals surface area contributed by atoms with Gasteiger partial charge in [-0.25, -0.2) is 0 Å². The van der Waals surface area contributed by atoms with Gasteiger partial charge < -0.3 is 5.73 Å². The summed E-state index contributed by atoms with van der Waals surface area (Å²) in [5.74, 6) is 0. The molecular weight excluding hydrogens is 232 g/mol. The van der Waals surface area contributed by atoms with Crippen LogP contribution < -0.4 is 5.73 Å². The summed E-state index contributed by atoms with van der Waals surface area (Å²) in [6.45, 7) is 7.61. The molecule has 1 saturated heterocycles. The summed E-state index contributed by atoms with van der Waals surface area (Å²) < 4.78 is 0. The molecule has 1 aliphatic rings. The molecule has 0 radical (unpaired) electrons. The quantitative estimate of drug-likeness (QED) is 0.878. The van der Waals surface area contributed by atoms with E-state index in [2.05, 4.69) is 49.9 Å². The number of aryl methyl sites for hydroxylation is 1. The van der Waals surface area contributed by atoms with E-state index in [1.807, 2.05) is 0 Å². The third kappa shape index (κ3) is 2.85. The van der Waals surface area contributed by atoms with Gasteiger partial charge in [0, 0.05) is 24.7 Å². The van der Waals surface area contributed by atoms with Gasteiger partial charge >= 0.3 is 0 Å². The number of rotatable bonds is 5. The van der Waals surface area contributed by atoms with E-state index in [1.165, 1.54) is 30.4 Å². The van der Waals surface area contributed by atoms with Gasteiger partial charge in [0.1, 0.15) is 0 Å². The first kappa shape index (κ1) is 14.5. The van der Waals surface area contributed by atoms with Crippen molar-refractivity contribution in [1.82, 2.24) is 4.90 Å². The maximum absolute atomic E-state index is 6.15. The molecule has 0 aromatic heterocycles. The van der Waals surface area contributed by atoms with Crippen LogP contribution in [0.4, 0.5) is 0 Å². The highest BCUT2D eigenvalue weighted by molar-refractivity contribution is 5.31. The van der Waals surface area contributed by atoms with Gasteiger partial charge in [-0.05, 0) is 43.7 Å². The van der Waals surface area contributed by atoms with Crippen LogP contribution in [0.1, 0.15) is 57.2 Å². The smallest absolute Gasteiger partial charge is 0.0478 e. The van der Waals surface area contributed by atoms with E-state index in [4.69, 9.17) is 5.73 Å². The first-order valence-electron chi connectivity index (χ1n) is 7.78. The highest BCUT2D eigenvalue weighted by atomic mass is 15.2. The van der Waals surface area contributed by atoms with Gasteiger partial charge in [0.25, 0.3) is 0 Å². The summed E-state index contributed by atoms with van der Waals surface area (Å²) in [6, 6.07) is 10.6. The van der Waals surface area contributed by atoms with Crippen LogP contribution in [0.3, 0.4) is 0 Å². The van der Waals surface area contributed by atoms with Gasteiger partial charge in [-0.1, -0.05) is 38.1 Å². The molecule has 0 aliphatic carbocycles. The number of nitrogens with zero attached hydrogens (tertiary/aromatic N) is 1. The predicted octanol–water partition coefficient (Wildman–Crippen LogP) is 3.51. The number of likely N-dealkylation sites (tertiary alicyclic amines) is 1. The van der Waals surface area contributed by atoms with Crippen molar-refractivity contribution in [3.05, 3.63) is 35.4 Å². The molecule has 19 heavy (non-hydrogen) atoms. The van der Waals surface area contributed by atoms with E-state index in [0.29, 0.717) is 18.1 Å². The van der Waals surface area contributed by atoms with Crippen LogP contribution in [0.2, 0.25) is 0 Å². The van der Waals surface area contributed by atoms with Crippen LogP contribution in [-0.4, -0.2) is 23.5 Å². The van der Waals surface area contributed by atoms with Gasteiger partial charge in [0.15, 0.2) is 0 Å². The third-order valence-electron chi connectivity index (χ3n) is 4.70. The number of benzene rings is 1. The zero-order valence-electron chi connectivity index (χ0n) is 12.6. The van der Waals surface area contributed by atoms with Crippen molar-refractivity contribution in [3.63, 3.8) is 0 Å². The van der Waals surface area contributed by atoms with Gasteiger partial charge in [-0.3, -0.25) is 4.90 Å². The lowest BCUT2D eigenvalue weighted by Gasteiger charge is -2.36. The summed E-state index contributed by atoms with van der Waals surface area (Å²) in [4.78, 5) is 2.68. The standard InChI is InChI=1S/C17H28N2/c1-4-14-8-6-7-9-16(14)17(12-18)19-13(3)10-11-15(19)5-2/h6-9,13,15,17H,4-5,10-12,18H2,1-3H3. The number of hydrogen-bond acceptors (Lipinski definition) is 2. The first-order valence-corrected chi connectivity index (χ1v) is 7.78. The molecule has 2 rings (SSSR count). The largest absolute Gasteiger partial charge is 0.329 e. The fourth-order valence-corrected chi connectivity index (χ4v) is 3.66. The molecule has 0 saturated carbocycles.